The van der Waals surface area contributed by atoms with Crippen LogP contribution in [0.4, 0.5) is 11.5 Å². The molecule has 1 heterocycles. The van der Waals surface area contributed by atoms with Gasteiger partial charge in [0.15, 0.2) is 0 Å². The Kier molecular flexibility index (Phi) is 4.92. The van der Waals surface area contributed by atoms with Crippen LogP contribution >= 0.6 is 0 Å². The summed E-state index contributed by atoms with van der Waals surface area (Å²) in [6.07, 6.45) is 1.40. The summed E-state index contributed by atoms with van der Waals surface area (Å²) in [5.41, 5.74) is 2.20. The summed E-state index contributed by atoms with van der Waals surface area (Å²) in [5.74, 6) is 0.387. The molecule has 2 aromatic rings. The topological polar surface area (TPSA) is 66.9 Å². The fourth-order valence-electron chi connectivity index (χ4n) is 2.34. The Labute approximate surface area is 143 Å². The molecule has 0 saturated heterocycles. The molecule has 0 bridgehead atoms. The summed E-state index contributed by atoms with van der Waals surface area (Å²) in [6.45, 7) is 12.3. The lowest BCUT2D eigenvalue weighted by Crippen LogP contribution is -2.40. The van der Waals surface area contributed by atoms with Crippen LogP contribution in [0.25, 0.3) is 0 Å². The first kappa shape index (κ1) is 17.9. The first-order valence-corrected chi connectivity index (χ1v) is 8.07. The first-order valence-electron chi connectivity index (χ1n) is 8.07. The van der Waals surface area contributed by atoms with E-state index in [9.17, 15) is 4.79 Å². The highest BCUT2D eigenvalue weighted by Gasteiger charge is 2.19. The lowest BCUT2D eigenvalue weighted by molar-refractivity contribution is 0.0914. The van der Waals surface area contributed by atoms with Crippen LogP contribution in [-0.4, -0.2) is 21.4 Å². The van der Waals surface area contributed by atoms with E-state index in [2.05, 4.69) is 47.4 Å². The predicted octanol–water partition coefficient (Wildman–Crippen LogP) is 4.05. The number of hydrogen-bond donors (Lipinski definition) is 2. The van der Waals surface area contributed by atoms with Gasteiger partial charge in [-0.1, -0.05) is 39.0 Å². The second-order valence-electron chi connectivity index (χ2n) is 7.91. The van der Waals surface area contributed by atoms with E-state index in [4.69, 9.17) is 0 Å². The number of hydrogen-bond acceptors (Lipinski definition) is 4. The lowest BCUT2D eigenvalue weighted by Gasteiger charge is -2.23. The summed E-state index contributed by atoms with van der Waals surface area (Å²) >= 11 is 0. The molecule has 0 aliphatic rings. The summed E-state index contributed by atoms with van der Waals surface area (Å²) in [6, 6.07) is 9.77. The van der Waals surface area contributed by atoms with Gasteiger partial charge < -0.3 is 10.6 Å². The Morgan fingerprint density at radius 2 is 1.67 bits per heavy atom. The molecule has 2 rings (SSSR count). The molecule has 0 saturated carbocycles. The molecule has 0 fully saturated rings. The Balaban J connectivity index is 2.27. The Morgan fingerprint density at radius 3 is 2.29 bits per heavy atom. The van der Waals surface area contributed by atoms with E-state index in [0.717, 1.165) is 5.69 Å². The van der Waals surface area contributed by atoms with E-state index < -0.39 is 0 Å². The number of benzene rings is 1. The number of nitrogens with zero attached hydrogens (tertiary/aromatic N) is 2. The zero-order valence-corrected chi connectivity index (χ0v) is 15.3. The van der Waals surface area contributed by atoms with Crippen LogP contribution in [0.2, 0.25) is 0 Å². The molecule has 0 aliphatic carbocycles. The maximum Gasteiger partial charge on any atom is 0.270 e. The van der Waals surface area contributed by atoms with E-state index in [1.54, 1.807) is 6.07 Å². The highest BCUT2D eigenvalue weighted by atomic mass is 16.2. The SMILES string of the molecule is CC(C)(C)NC(=O)c1cc(Nc2ccccc2C(C)(C)C)ncn1. The maximum atomic E-state index is 12.3. The molecule has 0 aliphatic heterocycles. The summed E-state index contributed by atoms with van der Waals surface area (Å²) < 4.78 is 0. The number of amides is 1. The molecule has 24 heavy (non-hydrogen) atoms. The largest absolute Gasteiger partial charge is 0.346 e. The number of anilines is 2. The fraction of sp³-hybridized carbons (Fsp3) is 0.421. The normalized spacial score (nSPS) is 11.9. The summed E-state index contributed by atoms with van der Waals surface area (Å²) in [5, 5.41) is 6.21. The number of aromatic nitrogens is 2. The number of carbonyl (C=O) groups is 1. The monoisotopic (exact) mass is 326 g/mol. The third kappa shape index (κ3) is 4.78. The minimum Gasteiger partial charge on any atom is -0.346 e. The molecule has 0 atom stereocenters. The summed E-state index contributed by atoms with van der Waals surface area (Å²) in [7, 11) is 0. The smallest absolute Gasteiger partial charge is 0.270 e. The van der Waals surface area contributed by atoms with Crippen LogP contribution in [0.5, 0.6) is 0 Å². The van der Waals surface area contributed by atoms with Crippen molar-refractivity contribution in [1.29, 1.82) is 0 Å². The zero-order chi connectivity index (χ0) is 18.0. The van der Waals surface area contributed by atoms with Crippen molar-refractivity contribution in [3.63, 3.8) is 0 Å². The molecule has 0 unspecified atom stereocenters. The van der Waals surface area contributed by atoms with Crippen LogP contribution in [0, 0.1) is 0 Å². The molecule has 2 N–H and O–H groups in total. The Morgan fingerprint density at radius 1 is 1.00 bits per heavy atom. The van der Waals surface area contributed by atoms with Gasteiger partial charge in [0, 0.05) is 17.3 Å². The van der Waals surface area contributed by atoms with Gasteiger partial charge in [0.05, 0.1) is 0 Å². The van der Waals surface area contributed by atoms with E-state index in [-0.39, 0.29) is 16.9 Å². The third-order valence-electron chi connectivity index (χ3n) is 3.39. The van der Waals surface area contributed by atoms with Crippen molar-refractivity contribution in [1.82, 2.24) is 15.3 Å². The molecular weight excluding hydrogens is 300 g/mol. The Hall–Kier alpha value is -2.43. The van der Waals surface area contributed by atoms with E-state index in [0.29, 0.717) is 11.5 Å². The minimum absolute atomic E-state index is 0.00304. The first-order chi connectivity index (χ1) is 11.1. The van der Waals surface area contributed by atoms with Crippen LogP contribution in [-0.2, 0) is 5.41 Å². The Bertz CT molecular complexity index is 727. The zero-order valence-electron chi connectivity index (χ0n) is 15.3. The number of carbonyl (C=O) groups excluding carboxylic acids is 1. The summed E-state index contributed by atoms with van der Waals surface area (Å²) in [4.78, 5) is 20.6. The van der Waals surface area contributed by atoms with Gasteiger partial charge in [-0.3, -0.25) is 4.79 Å². The average molecular weight is 326 g/mol. The van der Waals surface area contributed by atoms with Crippen LogP contribution in [0.15, 0.2) is 36.7 Å². The second kappa shape index (κ2) is 6.59. The lowest BCUT2D eigenvalue weighted by atomic mass is 9.86. The fourth-order valence-corrected chi connectivity index (χ4v) is 2.34. The van der Waals surface area contributed by atoms with Gasteiger partial charge in [0.1, 0.15) is 17.8 Å². The number of rotatable bonds is 3. The van der Waals surface area contributed by atoms with Gasteiger partial charge in [-0.15, -0.1) is 0 Å². The molecule has 1 aromatic heterocycles. The van der Waals surface area contributed by atoms with Crippen molar-refractivity contribution < 1.29 is 4.79 Å². The maximum absolute atomic E-state index is 12.3. The van der Waals surface area contributed by atoms with Crippen LogP contribution < -0.4 is 10.6 Å². The molecule has 1 amide bonds. The molecule has 5 heteroatoms. The van der Waals surface area contributed by atoms with Crippen molar-refractivity contribution in [3.8, 4) is 0 Å². The van der Waals surface area contributed by atoms with E-state index in [1.807, 2.05) is 39.0 Å². The van der Waals surface area contributed by atoms with Gasteiger partial charge in [0.2, 0.25) is 0 Å². The molecular formula is C19H26N4O. The van der Waals surface area contributed by atoms with Gasteiger partial charge in [0.25, 0.3) is 5.91 Å². The number of para-hydroxylation sites is 1. The second-order valence-corrected chi connectivity index (χ2v) is 7.91. The van der Waals surface area contributed by atoms with Crippen molar-refractivity contribution in [3.05, 3.63) is 47.9 Å². The minimum atomic E-state index is -0.311. The highest BCUT2D eigenvalue weighted by Crippen LogP contribution is 2.30. The molecule has 128 valence electrons. The van der Waals surface area contributed by atoms with Gasteiger partial charge >= 0.3 is 0 Å². The third-order valence-corrected chi connectivity index (χ3v) is 3.39. The van der Waals surface area contributed by atoms with Crippen molar-refractivity contribution in [2.24, 2.45) is 0 Å². The van der Waals surface area contributed by atoms with E-state index >= 15 is 0 Å². The quantitative estimate of drug-likeness (QED) is 0.893. The van der Waals surface area contributed by atoms with Gasteiger partial charge in [-0.2, -0.15) is 0 Å². The van der Waals surface area contributed by atoms with Gasteiger partial charge in [-0.05, 0) is 37.8 Å². The number of nitrogens with one attached hydrogen (secondary N) is 2. The van der Waals surface area contributed by atoms with Crippen LogP contribution in [0.3, 0.4) is 0 Å². The molecule has 5 nitrogen and oxygen atoms in total. The molecule has 0 radical (unpaired) electrons. The molecule has 0 spiro atoms. The standard InChI is InChI=1S/C19H26N4O/c1-18(2,3)13-9-7-8-10-14(13)22-16-11-15(20-12-21-16)17(24)23-19(4,5)6/h7-12H,1-6H3,(H,23,24)(H,20,21,22). The van der Waals surface area contributed by atoms with Crippen molar-refractivity contribution in [2.45, 2.75) is 52.5 Å². The van der Waals surface area contributed by atoms with Crippen LogP contribution in [0.1, 0.15) is 57.6 Å². The van der Waals surface area contributed by atoms with Crippen molar-refractivity contribution in [2.75, 3.05) is 5.32 Å². The predicted molar refractivity (Wildman–Crippen MR) is 97.7 cm³/mol. The highest BCUT2D eigenvalue weighted by molar-refractivity contribution is 5.93. The van der Waals surface area contributed by atoms with E-state index in [1.165, 1.54) is 11.9 Å². The van der Waals surface area contributed by atoms with Crippen molar-refractivity contribution >= 4 is 17.4 Å². The van der Waals surface area contributed by atoms with Gasteiger partial charge in [-0.25, -0.2) is 9.97 Å². The molecule has 1 aromatic carbocycles. The average Bonchev–Trinajstić information content (AvgIpc) is 2.45.